The highest BCUT2D eigenvalue weighted by molar-refractivity contribution is 6.07. The monoisotopic (exact) mass is 426 g/mol. The van der Waals surface area contributed by atoms with E-state index in [4.69, 9.17) is 4.98 Å². The minimum atomic E-state index is 0.0198. The van der Waals surface area contributed by atoms with E-state index in [2.05, 4.69) is 57.3 Å². The lowest BCUT2D eigenvalue weighted by atomic mass is 9.84. The summed E-state index contributed by atoms with van der Waals surface area (Å²) in [7, 11) is 0. The molecule has 1 amide bonds. The second-order valence-electron chi connectivity index (χ2n) is 11.0. The Morgan fingerprint density at radius 1 is 1.03 bits per heavy atom. The smallest absolute Gasteiger partial charge is 0.252 e. The standard InChI is InChI=1S/C29H34N2O/c1-18(24-16-19-9-10-21(24)15-19)30-28(32)25-17-27(31-26-8-6-5-7-23(25)26)20-11-13-22(14-12-20)29(2,3)4/h5-8,11-14,17-19,21,24H,9-10,15-16H2,1-4H3,(H,30,32)/t18-,19-,21-,24-/m0/s1. The molecular weight excluding hydrogens is 392 g/mol. The van der Waals surface area contributed by atoms with Crippen molar-refractivity contribution >= 4 is 16.8 Å². The molecule has 2 aliphatic carbocycles. The summed E-state index contributed by atoms with van der Waals surface area (Å²) in [6.45, 7) is 8.85. The van der Waals surface area contributed by atoms with Crippen molar-refractivity contribution in [2.24, 2.45) is 17.8 Å². The molecule has 0 spiro atoms. The summed E-state index contributed by atoms with van der Waals surface area (Å²) in [4.78, 5) is 18.4. The van der Waals surface area contributed by atoms with E-state index in [-0.39, 0.29) is 17.4 Å². The Hall–Kier alpha value is -2.68. The molecular formula is C29H34N2O. The average molecular weight is 427 g/mol. The van der Waals surface area contributed by atoms with E-state index in [1.54, 1.807) is 0 Å². The molecule has 0 saturated heterocycles. The first-order chi connectivity index (χ1) is 15.3. The Labute approximate surface area is 191 Å². The maximum absolute atomic E-state index is 13.5. The zero-order valence-electron chi connectivity index (χ0n) is 19.7. The molecule has 0 aliphatic heterocycles. The van der Waals surface area contributed by atoms with Crippen LogP contribution in [0.3, 0.4) is 0 Å². The first-order valence-corrected chi connectivity index (χ1v) is 12.1. The third kappa shape index (κ3) is 3.94. The van der Waals surface area contributed by atoms with Crippen LogP contribution in [0, 0.1) is 17.8 Å². The highest BCUT2D eigenvalue weighted by Crippen LogP contribution is 2.49. The highest BCUT2D eigenvalue weighted by Gasteiger charge is 2.42. The highest BCUT2D eigenvalue weighted by atomic mass is 16.1. The molecule has 4 atom stereocenters. The molecule has 3 heteroatoms. The average Bonchev–Trinajstić information content (AvgIpc) is 3.42. The number of carbonyl (C=O) groups excluding carboxylic acids is 1. The Kier molecular flexibility index (Phi) is 5.31. The van der Waals surface area contributed by atoms with Gasteiger partial charge in [-0.25, -0.2) is 4.98 Å². The van der Waals surface area contributed by atoms with Crippen LogP contribution in [-0.4, -0.2) is 16.9 Å². The minimum Gasteiger partial charge on any atom is -0.349 e. The van der Waals surface area contributed by atoms with Gasteiger partial charge in [-0.3, -0.25) is 4.79 Å². The molecule has 0 unspecified atom stereocenters. The van der Waals surface area contributed by atoms with Gasteiger partial charge in [0, 0.05) is 17.0 Å². The summed E-state index contributed by atoms with van der Waals surface area (Å²) in [6, 6.07) is 18.7. The summed E-state index contributed by atoms with van der Waals surface area (Å²) in [6.07, 6.45) is 5.35. The molecule has 1 heterocycles. The zero-order chi connectivity index (χ0) is 22.5. The number of hydrogen-bond donors (Lipinski definition) is 1. The van der Waals surface area contributed by atoms with Crippen molar-refractivity contribution in [3.8, 4) is 11.3 Å². The number of benzene rings is 2. The molecule has 1 N–H and O–H groups in total. The Morgan fingerprint density at radius 2 is 1.78 bits per heavy atom. The summed E-state index contributed by atoms with van der Waals surface area (Å²) >= 11 is 0. The largest absolute Gasteiger partial charge is 0.349 e. The van der Waals surface area contributed by atoms with Crippen LogP contribution in [0.25, 0.3) is 22.2 Å². The first kappa shape index (κ1) is 21.2. The topological polar surface area (TPSA) is 42.0 Å². The van der Waals surface area contributed by atoms with Gasteiger partial charge in [0.25, 0.3) is 5.91 Å². The Balaban J connectivity index is 1.46. The number of nitrogens with one attached hydrogen (secondary N) is 1. The number of pyridine rings is 1. The summed E-state index contributed by atoms with van der Waals surface area (Å²) in [5.41, 5.74) is 4.87. The fourth-order valence-corrected chi connectivity index (χ4v) is 5.95. The summed E-state index contributed by atoms with van der Waals surface area (Å²) < 4.78 is 0. The zero-order valence-corrected chi connectivity index (χ0v) is 19.7. The maximum atomic E-state index is 13.5. The van der Waals surface area contributed by atoms with E-state index >= 15 is 0 Å². The van der Waals surface area contributed by atoms with Gasteiger partial charge in [-0.1, -0.05) is 69.7 Å². The van der Waals surface area contributed by atoms with E-state index in [0.717, 1.165) is 39.6 Å². The van der Waals surface area contributed by atoms with Crippen LogP contribution in [0.5, 0.6) is 0 Å². The summed E-state index contributed by atoms with van der Waals surface area (Å²) in [5.74, 6) is 2.32. The molecule has 166 valence electrons. The van der Waals surface area contributed by atoms with Crippen molar-refractivity contribution in [2.75, 3.05) is 0 Å². The van der Waals surface area contributed by atoms with Gasteiger partial charge in [0.1, 0.15) is 0 Å². The van der Waals surface area contributed by atoms with E-state index in [0.29, 0.717) is 5.92 Å². The molecule has 32 heavy (non-hydrogen) atoms. The van der Waals surface area contributed by atoms with E-state index in [9.17, 15) is 4.79 Å². The molecule has 2 bridgehead atoms. The fraction of sp³-hybridized carbons (Fsp3) is 0.448. The van der Waals surface area contributed by atoms with Gasteiger partial charge in [0.2, 0.25) is 0 Å². The first-order valence-electron chi connectivity index (χ1n) is 12.1. The van der Waals surface area contributed by atoms with Gasteiger partial charge in [0.15, 0.2) is 0 Å². The maximum Gasteiger partial charge on any atom is 0.252 e. The fourth-order valence-electron chi connectivity index (χ4n) is 5.95. The van der Waals surface area contributed by atoms with Crippen LogP contribution in [0.15, 0.2) is 54.6 Å². The van der Waals surface area contributed by atoms with Gasteiger partial charge in [0.05, 0.1) is 16.8 Å². The van der Waals surface area contributed by atoms with E-state index in [1.165, 1.54) is 31.2 Å². The number of rotatable bonds is 4. The van der Waals surface area contributed by atoms with Gasteiger partial charge in [-0.05, 0) is 67.1 Å². The lowest BCUT2D eigenvalue weighted by Gasteiger charge is -2.28. The molecule has 1 aromatic heterocycles. The quantitative estimate of drug-likeness (QED) is 0.501. The van der Waals surface area contributed by atoms with Crippen LogP contribution >= 0.6 is 0 Å². The number of hydrogen-bond acceptors (Lipinski definition) is 2. The molecule has 0 radical (unpaired) electrons. The van der Waals surface area contributed by atoms with Crippen molar-refractivity contribution in [3.63, 3.8) is 0 Å². The number of carbonyl (C=O) groups is 1. The number of para-hydroxylation sites is 1. The van der Waals surface area contributed by atoms with Crippen molar-refractivity contribution in [1.82, 2.24) is 10.3 Å². The van der Waals surface area contributed by atoms with Crippen LogP contribution in [0.2, 0.25) is 0 Å². The van der Waals surface area contributed by atoms with E-state index < -0.39 is 0 Å². The molecule has 5 rings (SSSR count). The van der Waals surface area contributed by atoms with Crippen LogP contribution in [-0.2, 0) is 5.41 Å². The lowest BCUT2D eigenvalue weighted by Crippen LogP contribution is -2.40. The molecule has 3 nitrogen and oxygen atoms in total. The van der Waals surface area contributed by atoms with Crippen LogP contribution in [0.1, 0.15) is 69.3 Å². The second kappa shape index (κ2) is 8.03. The van der Waals surface area contributed by atoms with Gasteiger partial charge in [-0.2, -0.15) is 0 Å². The SMILES string of the molecule is C[C@H](NC(=O)c1cc(-c2ccc(C(C)(C)C)cc2)nc2ccccc12)[C@@H]1C[C@H]2CC[C@H]1C2. The Bertz CT molecular complexity index is 1140. The second-order valence-corrected chi connectivity index (χ2v) is 11.0. The predicted octanol–water partition coefficient (Wildman–Crippen LogP) is 6.75. The molecule has 2 aliphatic rings. The van der Waals surface area contributed by atoms with Crippen molar-refractivity contribution in [1.29, 1.82) is 0 Å². The third-order valence-electron chi connectivity index (χ3n) is 7.80. The number of amides is 1. The van der Waals surface area contributed by atoms with E-state index in [1.807, 2.05) is 30.3 Å². The van der Waals surface area contributed by atoms with Crippen LogP contribution in [0.4, 0.5) is 0 Å². The molecule has 2 aromatic carbocycles. The molecule has 2 fully saturated rings. The Morgan fingerprint density at radius 3 is 2.44 bits per heavy atom. The number of nitrogens with zero attached hydrogens (tertiary/aromatic N) is 1. The third-order valence-corrected chi connectivity index (χ3v) is 7.80. The van der Waals surface area contributed by atoms with Gasteiger partial charge >= 0.3 is 0 Å². The predicted molar refractivity (Wildman–Crippen MR) is 132 cm³/mol. The minimum absolute atomic E-state index is 0.0198. The number of fused-ring (bicyclic) bond motifs is 3. The van der Waals surface area contributed by atoms with Crippen molar-refractivity contribution < 1.29 is 4.79 Å². The summed E-state index contributed by atoms with van der Waals surface area (Å²) in [5, 5.41) is 4.27. The molecule has 2 saturated carbocycles. The lowest BCUT2D eigenvalue weighted by molar-refractivity contribution is 0.0917. The van der Waals surface area contributed by atoms with Crippen molar-refractivity contribution in [2.45, 2.75) is 64.8 Å². The van der Waals surface area contributed by atoms with Gasteiger partial charge in [-0.15, -0.1) is 0 Å². The molecule has 3 aromatic rings. The van der Waals surface area contributed by atoms with Crippen molar-refractivity contribution in [3.05, 3.63) is 65.7 Å². The van der Waals surface area contributed by atoms with Gasteiger partial charge < -0.3 is 5.32 Å². The number of aromatic nitrogens is 1. The normalized spacial score (nSPS) is 23.4. The van der Waals surface area contributed by atoms with Crippen LogP contribution < -0.4 is 5.32 Å².